The van der Waals surface area contributed by atoms with Gasteiger partial charge in [-0.3, -0.25) is 4.90 Å². The van der Waals surface area contributed by atoms with Gasteiger partial charge in [0.15, 0.2) is 6.23 Å². The maximum absolute atomic E-state index is 11.5. The third-order valence-electron chi connectivity index (χ3n) is 3.01. The molecule has 1 rings (SSSR count). The summed E-state index contributed by atoms with van der Waals surface area (Å²) >= 11 is 0. The summed E-state index contributed by atoms with van der Waals surface area (Å²) < 4.78 is 11.1. The zero-order valence-corrected chi connectivity index (χ0v) is 11.9. The number of urea groups is 1. The molecule has 0 aromatic rings. The molecule has 0 radical (unpaired) electrons. The Bertz CT molecular complexity index is 253. The largest absolute Gasteiger partial charge is 0.369 e. The summed E-state index contributed by atoms with van der Waals surface area (Å²) in [7, 11) is 0. The van der Waals surface area contributed by atoms with Gasteiger partial charge < -0.3 is 19.9 Å². The Morgan fingerprint density at radius 2 is 1.84 bits per heavy atom. The van der Waals surface area contributed by atoms with Crippen LogP contribution in [0, 0.1) is 0 Å². The van der Waals surface area contributed by atoms with Gasteiger partial charge in [-0.05, 0) is 12.8 Å². The number of carbonyl (C=O) groups excluding carboxylic acids is 1. The van der Waals surface area contributed by atoms with E-state index in [1.165, 1.54) is 4.90 Å². The number of unbranched alkanes of at least 4 members (excludes halogenated alkanes) is 2. The summed E-state index contributed by atoms with van der Waals surface area (Å²) in [6, 6.07) is -0.268. The van der Waals surface area contributed by atoms with Crippen LogP contribution in [0.3, 0.4) is 0 Å². The van der Waals surface area contributed by atoms with Crippen molar-refractivity contribution >= 4 is 6.03 Å². The molecule has 1 atom stereocenters. The summed E-state index contributed by atoms with van der Waals surface area (Å²) in [5.74, 6) is 0. The lowest BCUT2D eigenvalue weighted by molar-refractivity contribution is -0.221. The highest BCUT2D eigenvalue weighted by Gasteiger charge is 2.33. The Morgan fingerprint density at radius 3 is 2.26 bits per heavy atom. The van der Waals surface area contributed by atoms with Gasteiger partial charge in [-0.2, -0.15) is 0 Å². The van der Waals surface area contributed by atoms with Crippen LogP contribution < -0.4 is 5.32 Å². The van der Waals surface area contributed by atoms with Crippen molar-refractivity contribution in [2.24, 2.45) is 0 Å². The SMILES string of the molecule is CCCCOC(OCCCC)C(O)N1CCNC1=O. The second-order valence-corrected chi connectivity index (χ2v) is 4.66. The fourth-order valence-electron chi connectivity index (χ4n) is 1.79. The van der Waals surface area contributed by atoms with Crippen molar-refractivity contribution in [3.8, 4) is 0 Å². The molecule has 1 aliphatic heterocycles. The Hall–Kier alpha value is -0.850. The van der Waals surface area contributed by atoms with Gasteiger partial charge in [0, 0.05) is 26.3 Å². The van der Waals surface area contributed by atoms with Gasteiger partial charge in [0.1, 0.15) is 0 Å². The first-order valence-electron chi connectivity index (χ1n) is 7.16. The average molecular weight is 274 g/mol. The van der Waals surface area contributed by atoms with Crippen LogP contribution in [0.4, 0.5) is 4.79 Å². The van der Waals surface area contributed by atoms with Crippen LogP contribution in [-0.2, 0) is 9.47 Å². The Labute approximate surface area is 115 Å². The number of amides is 2. The van der Waals surface area contributed by atoms with Gasteiger partial charge in [0.2, 0.25) is 6.29 Å². The topological polar surface area (TPSA) is 71.0 Å². The predicted molar refractivity (Wildman–Crippen MR) is 71.6 cm³/mol. The first-order chi connectivity index (χ1) is 9.20. The second kappa shape index (κ2) is 9.12. The van der Waals surface area contributed by atoms with E-state index < -0.39 is 12.5 Å². The van der Waals surface area contributed by atoms with Crippen LogP contribution in [0.15, 0.2) is 0 Å². The van der Waals surface area contributed by atoms with E-state index in [1.54, 1.807) is 0 Å². The number of aliphatic hydroxyl groups is 1. The first kappa shape index (κ1) is 16.2. The molecule has 2 N–H and O–H groups in total. The van der Waals surface area contributed by atoms with Crippen LogP contribution in [0.25, 0.3) is 0 Å². The smallest absolute Gasteiger partial charge is 0.319 e. The van der Waals surface area contributed by atoms with Crippen molar-refractivity contribution in [3.05, 3.63) is 0 Å². The minimum absolute atomic E-state index is 0.268. The van der Waals surface area contributed by atoms with E-state index in [4.69, 9.17) is 9.47 Å². The standard InChI is InChI=1S/C13H26N2O4/c1-3-5-9-18-12(19-10-6-4-2)11(16)15-8-7-14-13(15)17/h11-12,16H,3-10H2,1-2H3,(H,14,17). The minimum atomic E-state index is -1.05. The third kappa shape index (κ3) is 5.34. The third-order valence-corrected chi connectivity index (χ3v) is 3.01. The summed E-state index contributed by atoms with van der Waals surface area (Å²) in [5, 5.41) is 12.8. The maximum Gasteiger partial charge on any atom is 0.319 e. The number of hydrogen-bond acceptors (Lipinski definition) is 4. The normalized spacial score (nSPS) is 17.1. The first-order valence-corrected chi connectivity index (χ1v) is 7.16. The molecule has 2 amide bonds. The zero-order chi connectivity index (χ0) is 14.1. The van der Waals surface area contributed by atoms with Gasteiger partial charge in [0.25, 0.3) is 0 Å². The van der Waals surface area contributed by atoms with Gasteiger partial charge in [-0.25, -0.2) is 4.79 Å². The fraction of sp³-hybridized carbons (Fsp3) is 0.923. The molecule has 6 nitrogen and oxygen atoms in total. The maximum atomic E-state index is 11.5. The van der Waals surface area contributed by atoms with Crippen LogP contribution in [0.5, 0.6) is 0 Å². The minimum Gasteiger partial charge on any atom is -0.369 e. The monoisotopic (exact) mass is 274 g/mol. The number of ether oxygens (including phenoxy) is 2. The fourth-order valence-corrected chi connectivity index (χ4v) is 1.79. The van der Waals surface area contributed by atoms with E-state index in [1.807, 2.05) is 0 Å². The van der Waals surface area contributed by atoms with E-state index in [0.29, 0.717) is 26.3 Å². The van der Waals surface area contributed by atoms with E-state index in [0.717, 1.165) is 25.7 Å². The zero-order valence-electron chi connectivity index (χ0n) is 11.9. The molecule has 0 bridgehead atoms. The Balaban J connectivity index is 2.46. The summed E-state index contributed by atoms with van der Waals surface area (Å²) in [6.45, 7) is 6.22. The van der Waals surface area contributed by atoms with Crippen molar-refractivity contribution < 1.29 is 19.4 Å². The molecule has 1 unspecified atom stereocenters. The number of aliphatic hydroxyl groups excluding tert-OH is 1. The van der Waals surface area contributed by atoms with E-state index >= 15 is 0 Å². The van der Waals surface area contributed by atoms with E-state index in [-0.39, 0.29) is 6.03 Å². The van der Waals surface area contributed by atoms with Gasteiger partial charge in [-0.15, -0.1) is 0 Å². The lowest BCUT2D eigenvalue weighted by Gasteiger charge is -2.29. The quantitative estimate of drug-likeness (QED) is 0.465. The Morgan fingerprint density at radius 1 is 1.26 bits per heavy atom. The number of carbonyl (C=O) groups is 1. The van der Waals surface area contributed by atoms with Gasteiger partial charge in [0.05, 0.1) is 0 Å². The van der Waals surface area contributed by atoms with Crippen molar-refractivity contribution in [3.63, 3.8) is 0 Å². The molecule has 0 aliphatic carbocycles. The summed E-state index contributed by atoms with van der Waals surface area (Å²) in [6.07, 6.45) is 2.04. The molecule has 19 heavy (non-hydrogen) atoms. The molecule has 0 spiro atoms. The Kier molecular flexibility index (Phi) is 7.78. The highest BCUT2D eigenvalue weighted by molar-refractivity contribution is 5.76. The summed E-state index contributed by atoms with van der Waals surface area (Å²) in [4.78, 5) is 12.9. The molecule has 1 heterocycles. The molecule has 0 saturated carbocycles. The molecule has 1 aliphatic rings. The molecular weight excluding hydrogens is 248 g/mol. The molecule has 6 heteroatoms. The van der Waals surface area contributed by atoms with Crippen molar-refractivity contribution in [2.45, 2.75) is 52.0 Å². The molecule has 1 fully saturated rings. The number of hydrogen-bond donors (Lipinski definition) is 2. The highest BCUT2D eigenvalue weighted by atomic mass is 16.7. The predicted octanol–water partition coefficient (Wildman–Crippen LogP) is 1.29. The van der Waals surface area contributed by atoms with Crippen LogP contribution >= 0.6 is 0 Å². The number of nitrogens with zero attached hydrogens (tertiary/aromatic N) is 1. The second-order valence-electron chi connectivity index (χ2n) is 4.66. The number of rotatable bonds is 10. The average Bonchev–Trinajstić information content (AvgIpc) is 2.83. The molecule has 112 valence electrons. The lowest BCUT2D eigenvalue weighted by atomic mass is 10.3. The van der Waals surface area contributed by atoms with Gasteiger partial charge in [-0.1, -0.05) is 26.7 Å². The molecule has 0 aromatic carbocycles. The molecule has 1 saturated heterocycles. The highest BCUT2D eigenvalue weighted by Crippen LogP contribution is 2.12. The van der Waals surface area contributed by atoms with Crippen molar-refractivity contribution in [1.29, 1.82) is 0 Å². The molecular formula is C13H26N2O4. The van der Waals surface area contributed by atoms with Crippen LogP contribution in [0.1, 0.15) is 39.5 Å². The van der Waals surface area contributed by atoms with Crippen LogP contribution in [0.2, 0.25) is 0 Å². The van der Waals surface area contributed by atoms with Gasteiger partial charge >= 0.3 is 6.03 Å². The van der Waals surface area contributed by atoms with E-state index in [2.05, 4.69) is 19.2 Å². The summed E-state index contributed by atoms with van der Waals surface area (Å²) in [5.41, 5.74) is 0. The number of nitrogens with one attached hydrogen (secondary N) is 1. The van der Waals surface area contributed by atoms with Crippen molar-refractivity contribution in [1.82, 2.24) is 10.2 Å². The lowest BCUT2D eigenvalue weighted by Crippen LogP contribution is -2.47. The molecule has 0 aromatic heterocycles. The van der Waals surface area contributed by atoms with Crippen molar-refractivity contribution in [2.75, 3.05) is 26.3 Å². The van der Waals surface area contributed by atoms with E-state index in [9.17, 15) is 9.90 Å². The van der Waals surface area contributed by atoms with Crippen LogP contribution in [-0.4, -0.2) is 54.9 Å².